The fourth-order valence-corrected chi connectivity index (χ4v) is 2.36. The second-order valence-electron chi connectivity index (χ2n) is 3.98. The highest BCUT2D eigenvalue weighted by molar-refractivity contribution is 7.89. The van der Waals surface area contributed by atoms with Gasteiger partial charge in [-0.25, -0.2) is 17.9 Å². The van der Waals surface area contributed by atoms with Crippen LogP contribution in [0, 0.1) is 5.82 Å². The summed E-state index contributed by atoms with van der Waals surface area (Å²) in [4.78, 5) is 0. The van der Waals surface area contributed by atoms with Crippen molar-refractivity contribution in [2.45, 2.75) is 11.7 Å². The molecule has 9 heteroatoms. The first kappa shape index (κ1) is 14.6. The number of ether oxygens (including phenoxy) is 1. The second kappa shape index (κ2) is 5.65. The molecule has 0 spiro atoms. The Morgan fingerprint density at radius 2 is 2.05 bits per heavy atom. The van der Waals surface area contributed by atoms with Crippen molar-refractivity contribution < 1.29 is 17.5 Å². The molecule has 1 heterocycles. The smallest absolute Gasteiger partial charge is 0.273 e. The number of halogens is 1. The average molecular weight is 300 g/mol. The summed E-state index contributed by atoms with van der Waals surface area (Å²) >= 11 is 0. The highest BCUT2D eigenvalue weighted by Crippen LogP contribution is 2.22. The number of benzene rings is 1. The Bertz CT molecular complexity index is 714. The van der Waals surface area contributed by atoms with E-state index in [1.165, 1.54) is 29.9 Å². The minimum Gasteiger partial charge on any atom is -0.383 e. The highest BCUT2D eigenvalue weighted by Gasteiger charge is 2.23. The monoisotopic (exact) mass is 300 g/mol. The number of rotatable bonds is 5. The third-order valence-electron chi connectivity index (χ3n) is 2.61. The van der Waals surface area contributed by atoms with Gasteiger partial charge in [-0.15, -0.1) is 10.2 Å². The van der Waals surface area contributed by atoms with E-state index < -0.39 is 21.0 Å². The van der Waals surface area contributed by atoms with Gasteiger partial charge in [0.2, 0.25) is 0 Å². The molecule has 0 bridgehead atoms. The Morgan fingerprint density at radius 3 is 2.65 bits per heavy atom. The molecule has 0 aliphatic carbocycles. The van der Waals surface area contributed by atoms with Crippen LogP contribution in [0.3, 0.4) is 0 Å². The summed E-state index contributed by atoms with van der Waals surface area (Å²) in [5.41, 5.74) is 0.144. The van der Waals surface area contributed by atoms with E-state index in [4.69, 9.17) is 9.88 Å². The molecule has 1 aromatic carbocycles. The fraction of sp³-hybridized carbons (Fsp3) is 0.273. The molecule has 0 atom stereocenters. The van der Waals surface area contributed by atoms with Crippen molar-refractivity contribution in [3.63, 3.8) is 0 Å². The summed E-state index contributed by atoms with van der Waals surface area (Å²) in [6, 6.07) is 5.87. The third-order valence-corrected chi connectivity index (χ3v) is 3.42. The summed E-state index contributed by atoms with van der Waals surface area (Å²) in [5.74, 6) is -0.441. The minimum absolute atomic E-state index is 0.0872. The minimum atomic E-state index is -4.05. The van der Waals surface area contributed by atoms with Crippen LogP contribution in [0.5, 0.6) is 0 Å². The van der Waals surface area contributed by atoms with Gasteiger partial charge in [-0.1, -0.05) is 12.1 Å². The molecule has 0 fully saturated rings. The molecule has 0 saturated heterocycles. The van der Waals surface area contributed by atoms with E-state index in [1.54, 1.807) is 6.07 Å². The highest BCUT2D eigenvalue weighted by atomic mass is 32.2. The number of aromatic nitrogens is 3. The van der Waals surface area contributed by atoms with Crippen LogP contribution < -0.4 is 5.14 Å². The molecule has 0 aliphatic heterocycles. The van der Waals surface area contributed by atoms with Gasteiger partial charge in [-0.2, -0.15) is 0 Å². The maximum atomic E-state index is 13.8. The Kier molecular flexibility index (Phi) is 4.12. The number of primary sulfonamides is 1. The van der Waals surface area contributed by atoms with Gasteiger partial charge in [0.25, 0.3) is 15.2 Å². The molecule has 7 nitrogen and oxygen atoms in total. The van der Waals surface area contributed by atoms with Gasteiger partial charge < -0.3 is 4.74 Å². The normalized spacial score (nSPS) is 11.8. The standard InChI is InChI=1S/C11H13FN4O3S/c1-19-7-6-16-10(8-4-2-3-5-9(8)12)14-15-11(16)20(13,17)18/h2-5H,6-7H2,1H3,(H2,13,17,18). The van der Waals surface area contributed by atoms with E-state index in [9.17, 15) is 12.8 Å². The van der Waals surface area contributed by atoms with Crippen molar-refractivity contribution in [1.29, 1.82) is 0 Å². The van der Waals surface area contributed by atoms with Gasteiger partial charge in [0.15, 0.2) is 5.82 Å². The molecule has 0 saturated carbocycles. The molecular formula is C11H13FN4O3S. The topological polar surface area (TPSA) is 100 Å². The lowest BCUT2D eigenvalue weighted by molar-refractivity contribution is 0.185. The Morgan fingerprint density at radius 1 is 1.35 bits per heavy atom. The summed E-state index contributed by atoms with van der Waals surface area (Å²) in [6.07, 6.45) is 0. The van der Waals surface area contributed by atoms with E-state index in [-0.39, 0.29) is 24.5 Å². The van der Waals surface area contributed by atoms with Crippen molar-refractivity contribution in [1.82, 2.24) is 14.8 Å². The van der Waals surface area contributed by atoms with Gasteiger partial charge in [-0.05, 0) is 12.1 Å². The first-order valence-electron chi connectivity index (χ1n) is 5.65. The zero-order chi connectivity index (χ0) is 14.8. The first-order chi connectivity index (χ1) is 9.45. The molecule has 0 unspecified atom stereocenters. The van der Waals surface area contributed by atoms with E-state index >= 15 is 0 Å². The summed E-state index contributed by atoms with van der Waals surface area (Å²) < 4.78 is 42.8. The molecule has 20 heavy (non-hydrogen) atoms. The maximum absolute atomic E-state index is 13.8. The van der Waals surface area contributed by atoms with Gasteiger partial charge >= 0.3 is 0 Å². The maximum Gasteiger partial charge on any atom is 0.273 e. The lowest BCUT2D eigenvalue weighted by Crippen LogP contribution is -2.20. The predicted octanol–water partition coefficient (Wildman–Crippen LogP) is 0.378. The summed E-state index contributed by atoms with van der Waals surface area (Å²) in [7, 11) is -2.59. The van der Waals surface area contributed by atoms with Crippen LogP contribution in [0.15, 0.2) is 29.4 Å². The van der Waals surface area contributed by atoms with Gasteiger partial charge in [0, 0.05) is 7.11 Å². The quantitative estimate of drug-likeness (QED) is 0.860. The molecule has 0 amide bonds. The molecule has 2 aromatic rings. The number of hydrogen-bond donors (Lipinski definition) is 1. The molecule has 2 N–H and O–H groups in total. The first-order valence-corrected chi connectivity index (χ1v) is 7.19. The van der Waals surface area contributed by atoms with Crippen LogP contribution in [0.4, 0.5) is 4.39 Å². The third kappa shape index (κ3) is 2.84. The van der Waals surface area contributed by atoms with E-state index in [2.05, 4.69) is 10.2 Å². The number of nitrogens with two attached hydrogens (primary N) is 1. The van der Waals surface area contributed by atoms with Gasteiger partial charge in [0.05, 0.1) is 18.7 Å². The van der Waals surface area contributed by atoms with Gasteiger partial charge in [0.1, 0.15) is 5.82 Å². The molecule has 0 radical (unpaired) electrons. The number of hydrogen-bond acceptors (Lipinski definition) is 5. The van der Waals surface area contributed by atoms with Crippen LogP contribution in [0.1, 0.15) is 0 Å². The van der Waals surface area contributed by atoms with Crippen molar-refractivity contribution >= 4 is 10.0 Å². The van der Waals surface area contributed by atoms with Crippen LogP contribution in [-0.2, 0) is 21.3 Å². The van der Waals surface area contributed by atoms with Crippen molar-refractivity contribution in [2.24, 2.45) is 5.14 Å². The molecule has 108 valence electrons. The number of methoxy groups -OCH3 is 1. The Balaban J connectivity index is 2.60. The van der Waals surface area contributed by atoms with Crippen LogP contribution in [0.2, 0.25) is 0 Å². The van der Waals surface area contributed by atoms with Crippen LogP contribution in [-0.4, -0.2) is 36.9 Å². The number of sulfonamides is 1. The average Bonchev–Trinajstić information content (AvgIpc) is 2.80. The van der Waals surface area contributed by atoms with Crippen molar-refractivity contribution in [2.75, 3.05) is 13.7 Å². The SMILES string of the molecule is COCCn1c(-c2ccccc2F)nnc1S(N)(=O)=O. The van der Waals surface area contributed by atoms with Crippen molar-refractivity contribution in [3.8, 4) is 11.4 Å². The largest absolute Gasteiger partial charge is 0.383 e. The van der Waals surface area contributed by atoms with Crippen LogP contribution >= 0.6 is 0 Å². The predicted molar refractivity (Wildman–Crippen MR) is 68.7 cm³/mol. The zero-order valence-corrected chi connectivity index (χ0v) is 11.5. The van der Waals surface area contributed by atoms with Crippen LogP contribution in [0.25, 0.3) is 11.4 Å². The van der Waals surface area contributed by atoms with E-state index in [0.717, 1.165) is 0 Å². The summed E-state index contributed by atoms with van der Waals surface area (Å²) in [6.45, 7) is 0.348. The van der Waals surface area contributed by atoms with E-state index in [1.807, 2.05) is 0 Å². The van der Waals surface area contributed by atoms with Gasteiger partial charge in [-0.3, -0.25) is 4.57 Å². The lowest BCUT2D eigenvalue weighted by atomic mass is 10.2. The fourth-order valence-electron chi connectivity index (χ4n) is 1.73. The van der Waals surface area contributed by atoms with E-state index in [0.29, 0.717) is 0 Å². The van der Waals surface area contributed by atoms with Crippen molar-refractivity contribution in [3.05, 3.63) is 30.1 Å². The zero-order valence-electron chi connectivity index (χ0n) is 10.7. The second-order valence-corrected chi connectivity index (χ2v) is 5.43. The number of nitrogens with zero attached hydrogens (tertiary/aromatic N) is 3. The molecule has 1 aromatic heterocycles. The molecule has 2 rings (SSSR count). The lowest BCUT2D eigenvalue weighted by Gasteiger charge is -2.09. The molecular weight excluding hydrogens is 287 g/mol. The Hall–Kier alpha value is -1.84. The Labute approximate surface area is 115 Å². The summed E-state index contributed by atoms with van der Waals surface area (Å²) in [5, 5.41) is 11.9. The molecule has 0 aliphatic rings.